The van der Waals surface area contributed by atoms with Gasteiger partial charge in [-0.25, -0.2) is 0 Å². The van der Waals surface area contributed by atoms with Crippen LogP contribution in [0.15, 0.2) is 0 Å². The fourth-order valence-electron chi connectivity index (χ4n) is 3.60. The molecule has 39 heavy (non-hydrogen) atoms. The maximum Gasteiger partial charge on any atom is 0.104 e. The van der Waals surface area contributed by atoms with Crippen LogP contribution in [0.5, 0.6) is 0 Å². The molecule has 0 fully saturated rings. The minimum absolute atomic E-state index is 0.165. The van der Waals surface area contributed by atoms with Gasteiger partial charge in [0.1, 0.15) is 5.85 Å². The summed E-state index contributed by atoms with van der Waals surface area (Å²) in [6.07, 6.45) is 0.824. The molecule has 6 unspecified atom stereocenters. The normalized spacial score (nSPS) is 18.5. The molecule has 0 rings (SSSR count). The molecular weight excluding hydrogens is 523 g/mol. The van der Waals surface area contributed by atoms with E-state index in [-0.39, 0.29) is 44.0 Å². The molecule has 0 aliphatic rings. The van der Waals surface area contributed by atoms with Crippen LogP contribution in [0, 0.1) is 0 Å². The molecule has 0 radical (unpaired) electrons. The fourth-order valence-corrected chi connectivity index (χ4v) is 5.31. The van der Waals surface area contributed by atoms with Crippen molar-refractivity contribution in [2.75, 3.05) is 33.1 Å². The highest BCUT2D eigenvalue weighted by Gasteiger charge is 2.36. The lowest BCUT2D eigenvalue weighted by molar-refractivity contribution is -0.137. The van der Waals surface area contributed by atoms with Crippen molar-refractivity contribution >= 4 is 8.15 Å². The zero-order chi connectivity index (χ0) is 30.7. The molecule has 6 atom stereocenters. The third-order valence-electron chi connectivity index (χ3n) is 5.89. The average molecular weight is 585 g/mol. The van der Waals surface area contributed by atoms with E-state index in [1.54, 1.807) is 48.5 Å². The van der Waals surface area contributed by atoms with Gasteiger partial charge >= 0.3 is 0 Å². The van der Waals surface area contributed by atoms with Gasteiger partial charge in [-0.15, -0.1) is 0 Å². The van der Waals surface area contributed by atoms with Crippen LogP contribution < -0.4 is 0 Å². The van der Waals surface area contributed by atoms with Gasteiger partial charge in [-0.3, -0.25) is 0 Å². The second kappa shape index (κ2) is 17.3. The van der Waals surface area contributed by atoms with E-state index in [0.717, 1.165) is 0 Å². The zero-order valence-corrected chi connectivity index (χ0v) is 27.7. The lowest BCUT2D eigenvalue weighted by Gasteiger charge is -2.38. The molecule has 0 bridgehead atoms. The Labute approximate surface area is 239 Å². The summed E-state index contributed by atoms with van der Waals surface area (Å²) in [7, 11) is -1.15. The SMILES string of the molecule is CCC(OCCC(C)(C)O)C(CC(C)OCC(C)O)OC(CC(C)(C)OCC(C)(C)O)P(C)OCC(C)(C)O. The minimum Gasteiger partial charge on any atom is -0.391 e. The number of ether oxygens (including phenoxy) is 4. The summed E-state index contributed by atoms with van der Waals surface area (Å²) in [6, 6.07) is 0. The number of hydrogen-bond acceptors (Lipinski definition) is 9. The van der Waals surface area contributed by atoms with E-state index in [0.29, 0.717) is 32.3 Å². The van der Waals surface area contributed by atoms with Gasteiger partial charge in [0.15, 0.2) is 0 Å². The Morgan fingerprint density at radius 2 is 1.36 bits per heavy atom. The maximum atomic E-state index is 10.3. The van der Waals surface area contributed by atoms with Crippen LogP contribution in [0.25, 0.3) is 0 Å². The van der Waals surface area contributed by atoms with Crippen LogP contribution in [0.2, 0.25) is 0 Å². The molecule has 4 N–H and O–H groups in total. The summed E-state index contributed by atoms with van der Waals surface area (Å²) in [5, 5.41) is 40.3. The minimum atomic E-state index is -1.15. The van der Waals surface area contributed by atoms with Crippen LogP contribution in [-0.2, 0) is 23.5 Å². The van der Waals surface area contributed by atoms with Gasteiger partial charge < -0.3 is 43.9 Å². The highest BCUT2D eigenvalue weighted by molar-refractivity contribution is 7.52. The molecule has 0 aliphatic carbocycles. The van der Waals surface area contributed by atoms with Crippen molar-refractivity contribution in [2.45, 2.75) is 155 Å². The summed E-state index contributed by atoms with van der Waals surface area (Å²) in [5.41, 5.74) is -3.41. The molecule has 0 aromatic carbocycles. The summed E-state index contributed by atoms with van der Waals surface area (Å²) in [5.74, 6) is -0.361. The first-order chi connectivity index (χ1) is 17.5. The average Bonchev–Trinajstić information content (AvgIpc) is 2.75. The lowest BCUT2D eigenvalue weighted by Crippen LogP contribution is -2.41. The molecule has 0 aliphatic heterocycles. The Hall–Kier alpha value is 0.0700. The van der Waals surface area contributed by atoms with Crippen molar-refractivity contribution in [1.29, 1.82) is 0 Å². The van der Waals surface area contributed by atoms with E-state index in [1.165, 1.54) is 0 Å². The third kappa shape index (κ3) is 21.4. The van der Waals surface area contributed by atoms with Crippen molar-refractivity contribution in [3.8, 4) is 0 Å². The van der Waals surface area contributed by atoms with E-state index >= 15 is 0 Å². The zero-order valence-electron chi connectivity index (χ0n) is 26.8. The second-order valence-corrected chi connectivity index (χ2v) is 15.4. The smallest absolute Gasteiger partial charge is 0.104 e. The van der Waals surface area contributed by atoms with E-state index in [4.69, 9.17) is 23.5 Å². The van der Waals surface area contributed by atoms with Gasteiger partial charge in [0.25, 0.3) is 0 Å². The van der Waals surface area contributed by atoms with Crippen LogP contribution in [0.4, 0.5) is 0 Å². The van der Waals surface area contributed by atoms with Gasteiger partial charge in [0.2, 0.25) is 0 Å². The van der Waals surface area contributed by atoms with Crippen molar-refractivity contribution < 1.29 is 43.9 Å². The van der Waals surface area contributed by atoms with Crippen LogP contribution in [0.3, 0.4) is 0 Å². The van der Waals surface area contributed by atoms with Crippen molar-refractivity contribution in [3.05, 3.63) is 0 Å². The lowest BCUT2D eigenvalue weighted by atomic mass is 10.0. The molecule has 0 aromatic heterocycles. The third-order valence-corrected chi connectivity index (χ3v) is 7.54. The van der Waals surface area contributed by atoms with E-state index in [2.05, 4.69) is 0 Å². The largest absolute Gasteiger partial charge is 0.391 e. The second-order valence-electron chi connectivity index (χ2n) is 13.4. The molecule has 0 saturated heterocycles. The Morgan fingerprint density at radius 1 is 0.795 bits per heavy atom. The number of aliphatic hydroxyl groups is 4. The Kier molecular flexibility index (Phi) is 17.3. The standard InChI is InChI=1S/C29H61O9P/c1-13-23(34-15-14-26(4,5)31)24(16-22(3)35-18-21(2)30)38-25(39(12)37-20-28(8,9)33)17-29(10,11)36-19-27(6,7)32/h21-25,30-33H,13-20H2,1-12H3. The molecular formula is C29H61O9P. The predicted molar refractivity (Wildman–Crippen MR) is 157 cm³/mol. The number of hydrogen-bond donors (Lipinski definition) is 4. The van der Waals surface area contributed by atoms with E-state index < -0.39 is 36.7 Å². The molecule has 0 heterocycles. The van der Waals surface area contributed by atoms with Gasteiger partial charge in [-0.2, -0.15) is 0 Å². The van der Waals surface area contributed by atoms with Gasteiger partial charge in [0, 0.05) is 19.4 Å². The van der Waals surface area contributed by atoms with Crippen molar-refractivity contribution in [2.24, 2.45) is 0 Å². The first-order valence-corrected chi connectivity index (χ1v) is 16.0. The summed E-state index contributed by atoms with van der Waals surface area (Å²) < 4.78 is 31.1. The first kappa shape index (κ1) is 39.1. The van der Waals surface area contributed by atoms with Gasteiger partial charge in [0.05, 0.1) is 74.8 Å². The Balaban J connectivity index is 5.96. The Morgan fingerprint density at radius 3 is 1.82 bits per heavy atom. The van der Waals surface area contributed by atoms with Gasteiger partial charge in [-0.05, 0) is 88.7 Å². The topological polar surface area (TPSA) is 127 Å². The van der Waals surface area contributed by atoms with Gasteiger partial charge in [-0.1, -0.05) is 6.92 Å². The predicted octanol–water partition coefficient (Wildman–Crippen LogP) is 4.60. The molecule has 0 aromatic rings. The maximum absolute atomic E-state index is 10.3. The molecule has 236 valence electrons. The molecule has 0 amide bonds. The van der Waals surface area contributed by atoms with Crippen LogP contribution >= 0.6 is 8.15 Å². The summed E-state index contributed by atoms with van der Waals surface area (Å²) in [6.45, 7) is 22.9. The number of rotatable bonds is 22. The first-order valence-electron chi connectivity index (χ1n) is 14.3. The fraction of sp³-hybridized carbons (Fsp3) is 1.00. The highest BCUT2D eigenvalue weighted by atomic mass is 31.1. The van der Waals surface area contributed by atoms with Crippen LogP contribution in [0.1, 0.15) is 102 Å². The molecule has 10 heteroatoms. The Bertz CT molecular complexity index is 638. The summed E-state index contributed by atoms with van der Waals surface area (Å²) >= 11 is 0. The molecule has 0 saturated carbocycles. The van der Waals surface area contributed by atoms with E-state index in [9.17, 15) is 20.4 Å². The van der Waals surface area contributed by atoms with Crippen molar-refractivity contribution in [1.82, 2.24) is 0 Å². The monoisotopic (exact) mass is 584 g/mol. The highest BCUT2D eigenvalue weighted by Crippen LogP contribution is 2.45. The van der Waals surface area contributed by atoms with E-state index in [1.807, 2.05) is 34.4 Å². The molecule has 0 spiro atoms. The molecule has 9 nitrogen and oxygen atoms in total. The van der Waals surface area contributed by atoms with Crippen molar-refractivity contribution in [3.63, 3.8) is 0 Å². The summed E-state index contributed by atoms with van der Waals surface area (Å²) in [4.78, 5) is 0. The van der Waals surface area contributed by atoms with Crippen LogP contribution in [-0.4, -0.2) is 106 Å². The number of aliphatic hydroxyl groups excluding tert-OH is 1. The quantitative estimate of drug-likeness (QED) is 0.135.